The lowest BCUT2D eigenvalue weighted by Gasteiger charge is -2.39. The third-order valence-corrected chi connectivity index (χ3v) is 4.38. The molecule has 3 unspecified atom stereocenters. The number of carbonyl (C=O) groups excluding carboxylic acids is 2. The normalized spacial score (nSPS) is 22.5. The number of hydrogen-bond acceptors (Lipinski definition) is 4. The summed E-state index contributed by atoms with van der Waals surface area (Å²) in [4.78, 5) is 37.8. The molecule has 0 bridgehead atoms. The minimum absolute atomic E-state index is 0.0280. The Morgan fingerprint density at radius 2 is 1.77 bits per heavy atom. The van der Waals surface area contributed by atoms with Crippen LogP contribution < -0.4 is 5.32 Å². The summed E-state index contributed by atoms with van der Waals surface area (Å²) in [5.41, 5.74) is -0.961. The van der Waals surface area contributed by atoms with E-state index in [0.717, 1.165) is 0 Å². The van der Waals surface area contributed by atoms with Crippen molar-refractivity contribution in [1.82, 2.24) is 10.2 Å². The van der Waals surface area contributed by atoms with E-state index in [4.69, 9.17) is 4.74 Å². The van der Waals surface area contributed by atoms with Gasteiger partial charge in [0.05, 0.1) is 5.92 Å². The maximum atomic E-state index is 12.2. The maximum absolute atomic E-state index is 12.2. The maximum Gasteiger partial charge on any atom is 0.410 e. The fourth-order valence-corrected chi connectivity index (χ4v) is 3.34. The van der Waals surface area contributed by atoms with Crippen LogP contribution in [0.5, 0.6) is 0 Å². The standard InChI is InChI=1S/C19H34N2O5/c1-12-11-21(17(25)26-19(5,6)7)9-8-13(12)14(16(23)24)10-15(22)20-18(2,3)4/h12-14H,8-11H2,1-7H3,(H,20,22)(H,23,24). The first-order chi connectivity index (χ1) is 11.7. The Morgan fingerprint density at radius 3 is 2.19 bits per heavy atom. The molecule has 1 heterocycles. The van der Waals surface area contributed by atoms with Gasteiger partial charge in [0, 0.05) is 25.0 Å². The van der Waals surface area contributed by atoms with Crippen molar-refractivity contribution >= 4 is 18.0 Å². The highest BCUT2D eigenvalue weighted by Crippen LogP contribution is 2.33. The van der Waals surface area contributed by atoms with Crippen molar-refractivity contribution < 1.29 is 24.2 Å². The number of carboxylic acids is 1. The summed E-state index contributed by atoms with van der Waals surface area (Å²) < 4.78 is 5.39. The average Bonchev–Trinajstić information content (AvgIpc) is 2.41. The van der Waals surface area contributed by atoms with Crippen molar-refractivity contribution in [3.8, 4) is 0 Å². The molecule has 0 aliphatic carbocycles. The Morgan fingerprint density at radius 1 is 1.19 bits per heavy atom. The van der Waals surface area contributed by atoms with Crippen molar-refractivity contribution in [3.63, 3.8) is 0 Å². The molecule has 3 atom stereocenters. The van der Waals surface area contributed by atoms with E-state index in [2.05, 4.69) is 5.32 Å². The van der Waals surface area contributed by atoms with Crippen molar-refractivity contribution in [2.24, 2.45) is 17.8 Å². The minimum atomic E-state index is -0.961. The predicted molar refractivity (Wildman–Crippen MR) is 98.7 cm³/mol. The summed E-state index contributed by atoms with van der Waals surface area (Å²) in [5, 5.41) is 12.5. The zero-order valence-electron chi connectivity index (χ0n) is 17.1. The first kappa shape index (κ1) is 22.3. The molecule has 1 rings (SSSR count). The fraction of sp³-hybridized carbons (Fsp3) is 0.842. The van der Waals surface area contributed by atoms with E-state index in [1.807, 2.05) is 48.5 Å². The first-order valence-electron chi connectivity index (χ1n) is 9.21. The lowest BCUT2D eigenvalue weighted by Crippen LogP contribution is -2.49. The van der Waals surface area contributed by atoms with Gasteiger partial charge in [-0.1, -0.05) is 6.92 Å². The zero-order chi connectivity index (χ0) is 20.3. The Balaban J connectivity index is 2.74. The van der Waals surface area contributed by atoms with Crippen LogP contribution in [0.15, 0.2) is 0 Å². The third kappa shape index (κ3) is 7.22. The summed E-state index contributed by atoms with van der Waals surface area (Å²) in [6, 6.07) is 0. The molecule has 0 saturated carbocycles. The number of carboxylic acid groups (broad SMARTS) is 1. The van der Waals surface area contributed by atoms with Crippen molar-refractivity contribution in [1.29, 1.82) is 0 Å². The highest BCUT2D eigenvalue weighted by molar-refractivity contribution is 5.83. The second kappa shape index (κ2) is 8.27. The number of hydrogen-bond donors (Lipinski definition) is 2. The van der Waals surface area contributed by atoms with Gasteiger partial charge in [-0.25, -0.2) is 4.79 Å². The van der Waals surface area contributed by atoms with Crippen LogP contribution in [0.2, 0.25) is 0 Å². The largest absolute Gasteiger partial charge is 0.481 e. The zero-order valence-corrected chi connectivity index (χ0v) is 17.1. The van der Waals surface area contributed by atoms with Crippen LogP contribution in [0.4, 0.5) is 4.79 Å². The van der Waals surface area contributed by atoms with E-state index in [1.165, 1.54) is 0 Å². The Kier molecular flexibility index (Phi) is 7.08. The molecule has 150 valence electrons. The third-order valence-electron chi connectivity index (χ3n) is 4.38. The molecule has 2 N–H and O–H groups in total. The number of piperidine rings is 1. The number of likely N-dealkylation sites (tertiary alicyclic amines) is 1. The van der Waals surface area contributed by atoms with E-state index in [9.17, 15) is 19.5 Å². The molecule has 7 heteroatoms. The molecule has 1 fully saturated rings. The summed E-state index contributed by atoms with van der Waals surface area (Å²) in [6.07, 6.45) is 0.119. The minimum Gasteiger partial charge on any atom is -0.481 e. The van der Waals surface area contributed by atoms with Crippen molar-refractivity contribution in [2.75, 3.05) is 13.1 Å². The Bertz CT molecular complexity index is 533. The summed E-state index contributed by atoms with van der Waals surface area (Å²) in [6.45, 7) is 13.8. The van der Waals surface area contributed by atoms with E-state index in [0.29, 0.717) is 19.5 Å². The van der Waals surface area contributed by atoms with Gasteiger partial charge in [-0.05, 0) is 59.8 Å². The van der Waals surface area contributed by atoms with Gasteiger partial charge in [0.25, 0.3) is 0 Å². The second-order valence-corrected chi connectivity index (χ2v) is 9.30. The summed E-state index contributed by atoms with van der Waals surface area (Å²) in [5.74, 6) is -2.16. The lowest BCUT2D eigenvalue weighted by atomic mass is 9.76. The van der Waals surface area contributed by atoms with Gasteiger partial charge in [0.1, 0.15) is 5.60 Å². The molecule has 0 aromatic rings. The molecular weight excluding hydrogens is 336 g/mol. The summed E-state index contributed by atoms with van der Waals surface area (Å²) >= 11 is 0. The molecule has 2 amide bonds. The topological polar surface area (TPSA) is 95.9 Å². The van der Waals surface area contributed by atoms with Crippen molar-refractivity contribution in [2.45, 2.75) is 72.4 Å². The Labute approximate surface area is 156 Å². The predicted octanol–water partition coefficient (Wildman–Crippen LogP) is 2.89. The monoisotopic (exact) mass is 370 g/mol. The van der Waals surface area contributed by atoms with Gasteiger partial charge >= 0.3 is 12.1 Å². The number of amides is 2. The van der Waals surface area contributed by atoms with Crippen LogP contribution in [0.1, 0.15) is 61.3 Å². The van der Waals surface area contributed by atoms with Crippen LogP contribution in [0, 0.1) is 17.8 Å². The van der Waals surface area contributed by atoms with E-state index >= 15 is 0 Å². The van der Waals surface area contributed by atoms with Crippen LogP contribution in [-0.4, -0.2) is 52.2 Å². The molecular formula is C19H34N2O5. The van der Waals surface area contributed by atoms with Crippen molar-refractivity contribution in [3.05, 3.63) is 0 Å². The number of ether oxygens (including phenoxy) is 1. The molecule has 0 radical (unpaired) electrons. The molecule has 0 aromatic heterocycles. The van der Waals surface area contributed by atoms with Gasteiger partial charge in [-0.3, -0.25) is 9.59 Å². The number of nitrogens with zero attached hydrogens (tertiary/aromatic N) is 1. The number of aliphatic carboxylic acids is 1. The van der Waals surface area contributed by atoms with Crippen LogP contribution in [0.25, 0.3) is 0 Å². The average molecular weight is 370 g/mol. The number of nitrogens with one attached hydrogen (secondary N) is 1. The van der Waals surface area contributed by atoms with Gasteiger partial charge in [0.2, 0.25) is 5.91 Å². The van der Waals surface area contributed by atoms with Crippen LogP contribution in [0.3, 0.4) is 0 Å². The second-order valence-electron chi connectivity index (χ2n) is 9.30. The molecule has 7 nitrogen and oxygen atoms in total. The fourth-order valence-electron chi connectivity index (χ4n) is 3.34. The van der Waals surface area contributed by atoms with E-state index in [-0.39, 0.29) is 30.3 Å². The van der Waals surface area contributed by atoms with Gasteiger partial charge in [0.15, 0.2) is 0 Å². The summed E-state index contributed by atoms with van der Waals surface area (Å²) in [7, 11) is 0. The first-order valence-corrected chi connectivity index (χ1v) is 9.21. The van der Waals surface area contributed by atoms with Gasteiger partial charge in [-0.2, -0.15) is 0 Å². The Hall–Kier alpha value is -1.79. The SMILES string of the molecule is CC1CN(C(=O)OC(C)(C)C)CCC1C(CC(=O)NC(C)(C)C)C(=O)O. The smallest absolute Gasteiger partial charge is 0.410 e. The molecule has 0 aromatic carbocycles. The molecule has 0 spiro atoms. The lowest BCUT2D eigenvalue weighted by molar-refractivity contribution is -0.148. The van der Waals surface area contributed by atoms with Crippen LogP contribution >= 0.6 is 0 Å². The van der Waals surface area contributed by atoms with E-state index < -0.39 is 23.0 Å². The highest BCUT2D eigenvalue weighted by atomic mass is 16.6. The molecule has 1 aliphatic rings. The quantitative estimate of drug-likeness (QED) is 0.793. The van der Waals surface area contributed by atoms with E-state index in [1.54, 1.807) is 4.90 Å². The van der Waals surface area contributed by atoms with Gasteiger partial charge in [-0.15, -0.1) is 0 Å². The number of carbonyl (C=O) groups is 3. The molecule has 1 saturated heterocycles. The number of rotatable bonds is 4. The van der Waals surface area contributed by atoms with Gasteiger partial charge < -0.3 is 20.1 Å². The molecule has 26 heavy (non-hydrogen) atoms. The highest BCUT2D eigenvalue weighted by Gasteiger charge is 2.39. The van der Waals surface area contributed by atoms with Crippen LogP contribution in [-0.2, 0) is 14.3 Å². The molecule has 1 aliphatic heterocycles.